The van der Waals surface area contributed by atoms with Gasteiger partial charge in [0, 0.05) is 5.69 Å². The molecule has 1 heterocycles. The van der Waals surface area contributed by atoms with Gasteiger partial charge < -0.3 is 10.1 Å². The zero-order valence-electron chi connectivity index (χ0n) is 17.6. The number of benzene rings is 2. The maximum absolute atomic E-state index is 13.4. The Bertz CT molecular complexity index is 1060. The molecule has 1 amide bonds. The Morgan fingerprint density at radius 1 is 1.16 bits per heavy atom. The number of hydrogen-bond acceptors (Lipinski definition) is 6. The number of anilines is 1. The number of hydrogen-bond donors (Lipinski definition) is 1. The summed E-state index contributed by atoms with van der Waals surface area (Å²) < 4.78 is 44.8. The first-order valence-corrected chi connectivity index (χ1v) is 10.6. The van der Waals surface area contributed by atoms with Crippen LogP contribution in [0.25, 0.3) is 5.69 Å². The Balaban J connectivity index is 1.79. The molecule has 0 saturated heterocycles. The minimum Gasteiger partial charge on any atom is -0.433 e. The van der Waals surface area contributed by atoms with Gasteiger partial charge in [0.15, 0.2) is 11.0 Å². The van der Waals surface area contributed by atoms with E-state index >= 15 is 0 Å². The van der Waals surface area contributed by atoms with Crippen molar-refractivity contribution in [2.45, 2.75) is 24.7 Å². The Morgan fingerprint density at radius 2 is 1.84 bits per heavy atom. The third kappa shape index (κ3) is 5.80. The molecule has 1 atom stereocenters. The molecule has 7 nitrogen and oxygen atoms in total. The van der Waals surface area contributed by atoms with E-state index in [1.54, 1.807) is 22.8 Å². The lowest BCUT2D eigenvalue weighted by Gasteiger charge is -2.20. The Labute approximate surface area is 187 Å². The summed E-state index contributed by atoms with van der Waals surface area (Å²) in [6, 6.07) is 11.7. The molecule has 3 aromatic rings. The summed E-state index contributed by atoms with van der Waals surface area (Å²) in [5, 5.41) is 11.5. The average molecular weight is 466 g/mol. The first kappa shape index (κ1) is 23.6. The number of alkyl halides is 2. The van der Waals surface area contributed by atoms with Crippen molar-refractivity contribution in [1.82, 2.24) is 19.7 Å². The van der Waals surface area contributed by atoms with Gasteiger partial charge in [0.2, 0.25) is 5.91 Å². The van der Waals surface area contributed by atoms with Crippen molar-refractivity contribution in [3.05, 3.63) is 60.2 Å². The minimum absolute atomic E-state index is 0.0569. The summed E-state index contributed by atoms with van der Waals surface area (Å²) >= 11 is 1.12. The van der Waals surface area contributed by atoms with Gasteiger partial charge >= 0.3 is 6.61 Å². The van der Waals surface area contributed by atoms with Gasteiger partial charge in [0.1, 0.15) is 11.6 Å². The fraction of sp³-hybridized carbons (Fsp3) is 0.286. The Kier molecular flexibility index (Phi) is 7.75. The highest BCUT2D eigenvalue weighted by Crippen LogP contribution is 2.28. The molecule has 0 aliphatic rings. The van der Waals surface area contributed by atoms with Crippen molar-refractivity contribution in [1.29, 1.82) is 0 Å². The third-order valence-electron chi connectivity index (χ3n) is 4.60. The van der Waals surface area contributed by atoms with E-state index < -0.39 is 12.5 Å². The minimum atomic E-state index is -3.01. The number of halogens is 3. The van der Waals surface area contributed by atoms with Gasteiger partial charge in [0.05, 0.1) is 17.5 Å². The number of amides is 1. The topological polar surface area (TPSA) is 72.3 Å². The number of carbonyl (C=O) groups is 1. The van der Waals surface area contributed by atoms with Crippen molar-refractivity contribution in [3.63, 3.8) is 0 Å². The van der Waals surface area contributed by atoms with E-state index in [9.17, 15) is 18.0 Å². The van der Waals surface area contributed by atoms with Crippen LogP contribution in [-0.2, 0) is 4.79 Å². The molecule has 2 aromatic carbocycles. The van der Waals surface area contributed by atoms with Gasteiger partial charge in [-0.3, -0.25) is 14.3 Å². The normalized spacial score (nSPS) is 12.2. The molecule has 32 heavy (non-hydrogen) atoms. The van der Waals surface area contributed by atoms with E-state index in [2.05, 4.69) is 20.3 Å². The smallest absolute Gasteiger partial charge is 0.387 e. The van der Waals surface area contributed by atoms with Gasteiger partial charge in [-0.15, -0.1) is 10.2 Å². The van der Waals surface area contributed by atoms with Crippen LogP contribution < -0.4 is 10.1 Å². The predicted octanol–water partition coefficient (Wildman–Crippen LogP) is 4.36. The highest BCUT2D eigenvalue weighted by atomic mass is 32.2. The second-order valence-corrected chi connectivity index (χ2v) is 7.95. The number of nitrogens with zero attached hydrogens (tertiary/aromatic N) is 4. The molecule has 11 heteroatoms. The van der Waals surface area contributed by atoms with Crippen LogP contribution in [0.15, 0.2) is 53.7 Å². The first-order chi connectivity index (χ1) is 15.3. The van der Waals surface area contributed by atoms with Crippen LogP contribution >= 0.6 is 11.8 Å². The number of nitrogens with one attached hydrogen (secondary N) is 1. The van der Waals surface area contributed by atoms with Crippen LogP contribution in [0.3, 0.4) is 0 Å². The molecule has 1 N–H and O–H groups in total. The summed E-state index contributed by atoms with van der Waals surface area (Å²) in [6.07, 6.45) is 0. The third-order valence-corrected chi connectivity index (χ3v) is 5.53. The number of ether oxygens (including phenoxy) is 1. The second-order valence-electron chi connectivity index (χ2n) is 7.00. The highest BCUT2D eigenvalue weighted by Gasteiger charge is 2.22. The fourth-order valence-corrected chi connectivity index (χ4v) is 3.55. The monoisotopic (exact) mass is 465 g/mol. The van der Waals surface area contributed by atoms with Gasteiger partial charge in [-0.25, -0.2) is 4.39 Å². The lowest BCUT2D eigenvalue weighted by Crippen LogP contribution is -2.21. The van der Waals surface area contributed by atoms with E-state index in [1.807, 2.05) is 25.9 Å². The lowest BCUT2D eigenvalue weighted by molar-refractivity contribution is -0.113. The largest absolute Gasteiger partial charge is 0.433 e. The molecule has 0 spiro atoms. The Morgan fingerprint density at radius 3 is 2.50 bits per heavy atom. The quantitative estimate of drug-likeness (QED) is 0.474. The number of thioether (sulfide) groups is 1. The SMILES string of the molecule is CC(c1nnc(SCC(=O)Nc2ccccc2OC(F)F)n1-c1ccc(F)cc1)N(C)C. The molecule has 170 valence electrons. The maximum atomic E-state index is 13.4. The van der Waals surface area contributed by atoms with E-state index in [0.717, 1.165) is 11.8 Å². The summed E-state index contributed by atoms with van der Waals surface area (Å²) in [4.78, 5) is 14.4. The van der Waals surface area contributed by atoms with Gasteiger partial charge in [-0.2, -0.15) is 8.78 Å². The number of rotatable bonds is 9. The summed E-state index contributed by atoms with van der Waals surface area (Å²) in [6.45, 7) is -1.06. The summed E-state index contributed by atoms with van der Waals surface area (Å²) in [5.74, 6) is -0.366. The van der Waals surface area contributed by atoms with E-state index in [1.165, 1.54) is 30.3 Å². The molecule has 0 saturated carbocycles. The molecule has 1 unspecified atom stereocenters. The second kappa shape index (κ2) is 10.5. The van der Waals surface area contributed by atoms with E-state index in [4.69, 9.17) is 0 Å². The van der Waals surface area contributed by atoms with E-state index in [0.29, 0.717) is 16.7 Å². The molecule has 1 aromatic heterocycles. The van der Waals surface area contributed by atoms with E-state index in [-0.39, 0.29) is 29.0 Å². The van der Waals surface area contributed by atoms with Crippen LogP contribution in [0.1, 0.15) is 18.8 Å². The lowest BCUT2D eigenvalue weighted by atomic mass is 10.2. The number of aromatic nitrogens is 3. The molecular formula is C21H22F3N5O2S. The van der Waals surface area contributed by atoms with Crippen molar-refractivity contribution in [2.24, 2.45) is 0 Å². The molecule has 3 rings (SSSR count). The van der Waals surface area contributed by atoms with Crippen molar-refractivity contribution in [3.8, 4) is 11.4 Å². The first-order valence-electron chi connectivity index (χ1n) is 9.60. The number of para-hydroxylation sites is 2. The number of carbonyl (C=O) groups excluding carboxylic acids is 1. The maximum Gasteiger partial charge on any atom is 0.387 e. The van der Waals surface area contributed by atoms with Crippen molar-refractivity contribution >= 4 is 23.4 Å². The van der Waals surface area contributed by atoms with Crippen LogP contribution in [0, 0.1) is 5.82 Å². The molecular weight excluding hydrogens is 443 g/mol. The van der Waals surface area contributed by atoms with Gasteiger partial charge in [-0.05, 0) is 57.4 Å². The zero-order valence-corrected chi connectivity index (χ0v) is 18.4. The molecule has 0 fully saturated rings. The average Bonchev–Trinajstić information content (AvgIpc) is 3.17. The van der Waals surface area contributed by atoms with Crippen LogP contribution in [0.4, 0.5) is 18.9 Å². The molecule has 0 aliphatic carbocycles. The Hall–Kier alpha value is -3.05. The van der Waals surface area contributed by atoms with Crippen molar-refractivity contribution in [2.75, 3.05) is 25.2 Å². The van der Waals surface area contributed by atoms with Crippen LogP contribution in [-0.4, -0.2) is 52.0 Å². The highest BCUT2D eigenvalue weighted by molar-refractivity contribution is 7.99. The van der Waals surface area contributed by atoms with Crippen molar-refractivity contribution < 1.29 is 22.7 Å². The zero-order chi connectivity index (χ0) is 23.3. The molecule has 0 bridgehead atoms. The summed E-state index contributed by atoms with van der Waals surface area (Å²) in [7, 11) is 3.79. The van der Waals surface area contributed by atoms with Gasteiger partial charge in [-0.1, -0.05) is 23.9 Å². The summed E-state index contributed by atoms with van der Waals surface area (Å²) in [5.41, 5.74) is 0.791. The predicted molar refractivity (Wildman–Crippen MR) is 116 cm³/mol. The standard InChI is InChI=1S/C21H22F3N5O2S/c1-13(28(2)3)19-26-27-21(29(19)15-10-8-14(22)9-11-15)32-12-18(30)25-16-6-4-5-7-17(16)31-20(23)24/h4-11,13,20H,12H2,1-3H3,(H,25,30). The van der Waals surface area contributed by atoms with Gasteiger partial charge in [0.25, 0.3) is 0 Å². The molecule has 0 aliphatic heterocycles. The molecule has 0 radical (unpaired) electrons. The van der Waals surface area contributed by atoms with Crippen LogP contribution in [0.5, 0.6) is 5.75 Å². The van der Waals surface area contributed by atoms with Crippen LogP contribution in [0.2, 0.25) is 0 Å². The fourth-order valence-electron chi connectivity index (χ4n) is 2.79.